The molecular formula is C28H30FN5O2. The van der Waals surface area contributed by atoms with E-state index in [0.29, 0.717) is 29.1 Å². The highest BCUT2D eigenvalue weighted by Gasteiger charge is 2.34. The molecule has 186 valence electrons. The van der Waals surface area contributed by atoms with Crippen LogP contribution in [0, 0.1) is 18.7 Å². The Morgan fingerprint density at radius 2 is 1.69 bits per heavy atom. The number of anilines is 1. The van der Waals surface area contributed by atoms with Crippen molar-refractivity contribution in [1.82, 2.24) is 20.3 Å². The maximum Gasteiger partial charge on any atom is 0.249 e. The van der Waals surface area contributed by atoms with E-state index in [2.05, 4.69) is 29.5 Å². The molecule has 0 unspecified atom stereocenters. The van der Waals surface area contributed by atoms with Crippen LogP contribution in [0.15, 0.2) is 72.8 Å². The topological polar surface area (TPSA) is 80.1 Å². The molecule has 0 radical (unpaired) electrons. The number of nitrogens with zero attached hydrogens (tertiary/aromatic N) is 4. The number of aryl methyl sites for hydroxylation is 1. The van der Waals surface area contributed by atoms with E-state index >= 15 is 4.39 Å². The van der Waals surface area contributed by atoms with Crippen LogP contribution >= 0.6 is 0 Å². The fourth-order valence-corrected chi connectivity index (χ4v) is 4.05. The largest absolute Gasteiger partial charge is 0.354 e. The number of amides is 2. The van der Waals surface area contributed by atoms with Gasteiger partial charge in [0.15, 0.2) is 0 Å². The number of aromatic nitrogens is 3. The molecule has 1 aromatic heterocycles. The number of halogens is 1. The highest BCUT2D eigenvalue weighted by molar-refractivity contribution is 6.01. The highest BCUT2D eigenvalue weighted by Crippen LogP contribution is 2.31. The van der Waals surface area contributed by atoms with Crippen LogP contribution in [0.2, 0.25) is 0 Å². The Labute approximate surface area is 209 Å². The quantitative estimate of drug-likeness (QED) is 0.367. The second-order valence-electron chi connectivity index (χ2n) is 9.24. The lowest BCUT2D eigenvalue weighted by molar-refractivity contribution is -0.127. The molecule has 0 bridgehead atoms. The lowest BCUT2D eigenvalue weighted by Gasteiger charge is -2.32. The summed E-state index contributed by atoms with van der Waals surface area (Å²) < 4.78 is 16.6. The Morgan fingerprint density at radius 1 is 1.00 bits per heavy atom. The van der Waals surface area contributed by atoms with Gasteiger partial charge < -0.3 is 5.32 Å². The third-order valence-corrected chi connectivity index (χ3v) is 6.01. The van der Waals surface area contributed by atoms with Gasteiger partial charge in [0.2, 0.25) is 11.8 Å². The number of hydrogen-bond acceptors (Lipinski definition) is 4. The van der Waals surface area contributed by atoms with Crippen molar-refractivity contribution in [1.29, 1.82) is 0 Å². The van der Waals surface area contributed by atoms with Gasteiger partial charge in [-0.1, -0.05) is 73.2 Å². The summed E-state index contributed by atoms with van der Waals surface area (Å²) in [5.41, 5.74) is 2.94. The first-order chi connectivity index (χ1) is 17.3. The first-order valence-electron chi connectivity index (χ1n) is 12.0. The molecular weight excluding hydrogens is 457 g/mol. The second kappa shape index (κ2) is 11.1. The van der Waals surface area contributed by atoms with Crippen LogP contribution in [0.3, 0.4) is 0 Å². The molecule has 1 heterocycles. The van der Waals surface area contributed by atoms with E-state index in [-0.39, 0.29) is 18.1 Å². The lowest BCUT2D eigenvalue weighted by atomic mass is 10.0. The van der Waals surface area contributed by atoms with Crippen molar-refractivity contribution in [2.24, 2.45) is 5.92 Å². The number of benzene rings is 3. The number of carbonyl (C=O) groups is 2. The Hall–Kier alpha value is -4.07. The molecule has 4 rings (SSSR count). The van der Waals surface area contributed by atoms with Gasteiger partial charge in [0.25, 0.3) is 0 Å². The van der Waals surface area contributed by atoms with Gasteiger partial charge in [-0.05, 0) is 49.1 Å². The summed E-state index contributed by atoms with van der Waals surface area (Å²) in [6.45, 7) is 6.32. The van der Waals surface area contributed by atoms with Crippen LogP contribution in [-0.4, -0.2) is 33.4 Å². The van der Waals surface area contributed by atoms with E-state index in [1.165, 1.54) is 21.7 Å². The third-order valence-electron chi connectivity index (χ3n) is 6.01. The molecule has 0 saturated carbocycles. The van der Waals surface area contributed by atoms with E-state index < -0.39 is 17.8 Å². The van der Waals surface area contributed by atoms with Gasteiger partial charge in [-0.3, -0.25) is 14.5 Å². The fourth-order valence-electron chi connectivity index (χ4n) is 4.05. The minimum atomic E-state index is -1.07. The number of carbonyl (C=O) groups excluding carboxylic acids is 2. The Bertz CT molecular complexity index is 1350. The zero-order valence-corrected chi connectivity index (χ0v) is 20.7. The summed E-state index contributed by atoms with van der Waals surface area (Å²) in [5.74, 6) is -1.06. The Kier molecular flexibility index (Phi) is 7.73. The van der Waals surface area contributed by atoms with Gasteiger partial charge in [-0.15, -0.1) is 5.10 Å². The van der Waals surface area contributed by atoms with Crippen molar-refractivity contribution in [3.8, 4) is 0 Å². The number of para-hydroxylation sites is 2. The van der Waals surface area contributed by atoms with E-state index in [9.17, 15) is 9.59 Å². The summed E-state index contributed by atoms with van der Waals surface area (Å²) in [6.07, 6.45) is 0.783. The summed E-state index contributed by atoms with van der Waals surface area (Å²) in [4.78, 5) is 28.7. The standard InChI is InChI=1S/C28H30FN5O2/c1-19(2)16-17-30-28(36)27(21-14-12-20(3)13-15-21)34(24-10-6-4-8-22(24)29)26(35)18-33-25-11-7-5-9-23(25)31-32-33/h4-15,19,27H,16-18H2,1-3H3,(H,30,36)/t27-/m0/s1. The fraction of sp³-hybridized carbons (Fsp3) is 0.286. The third kappa shape index (κ3) is 5.59. The number of rotatable bonds is 9. The van der Waals surface area contributed by atoms with E-state index in [1.807, 2.05) is 37.3 Å². The predicted octanol–water partition coefficient (Wildman–Crippen LogP) is 4.82. The molecule has 0 aliphatic carbocycles. The summed E-state index contributed by atoms with van der Waals surface area (Å²) in [5, 5.41) is 11.2. The molecule has 0 saturated heterocycles. The van der Waals surface area contributed by atoms with Crippen molar-refractivity contribution in [3.05, 3.63) is 89.7 Å². The van der Waals surface area contributed by atoms with Gasteiger partial charge in [0.1, 0.15) is 23.9 Å². The lowest BCUT2D eigenvalue weighted by Crippen LogP contribution is -2.46. The molecule has 1 atom stereocenters. The normalized spacial score (nSPS) is 12.0. The van der Waals surface area contributed by atoms with Crippen molar-refractivity contribution >= 4 is 28.5 Å². The first kappa shape index (κ1) is 25.0. The second-order valence-corrected chi connectivity index (χ2v) is 9.24. The maximum absolute atomic E-state index is 15.1. The minimum absolute atomic E-state index is 0.0245. The van der Waals surface area contributed by atoms with Gasteiger partial charge in [-0.25, -0.2) is 9.07 Å². The summed E-state index contributed by atoms with van der Waals surface area (Å²) in [6, 6.07) is 19.5. The van der Waals surface area contributed by atoms with Crippen LogP contribution in [0.5, 0.6) is 0 Å². The number of fused-ring (bicyclic) bond motifs is 1. The summed E-state index contributed by atoms with van der Waals surface area (Å²) >= 11 is 0. The molecule has 8 heteroatoms. The van der Waals surface area contributed by atoms with Gasteiger partial charge in [0, 0.05) is 6.54 Å². The zero-order valence-electron chi connectivity index (χ0n) is 20.7. The molecule has 36 heavy (non-hydrogen) atoms. The molecule has 7 nitrogen and oxygen atoms in total. The van der Waals surface area contributed by atoms with Crippen molar-refractivity contribution in [2.45, 2.75) is 39.8 Å². The molecule has 0 aliphatic rings. The molecule has 2 amide bonds. The smallest absolute Gasteiger partial charge is 0.249 e. The van der Waals surface area contributed by atoms with Crippen molar-refractivity contribution < 1.29 is 14.0 Å². The van der Waals surface area contributed by atoms with Gasteiger partial charge in [-0.2, -0.15) is 0 Å². The molecule has 1 N–H and O–H groups in total. The zero-order chi connectivity index (χ0) is 25.7. The van der Waals surface area contributed by atoms with Crippen LogP contribution in [0.25, 0.3) is 11.0 Å². The maximum atomic E-state index is 15.1. The average Bonchev–Trinajstić information content (AvgIpc) is 3.26. The summed E-state index contributed by atoms with van der Waals surface area (Å²) in [7, 11) is 0. The molecule has 3 aromatic carbocycles. The number of nitrogens with one attached hydrogen (secondary N) is 1. The van der Waals surface area contributed by atoms with E-state index in [4.69, 9.17) is 0 Å². The monoisotopic (exact) mass is 487 g/mol. The first-order valence-corrected chi connectivity index (χ1v) is 12.0. The highest BCUT2D eigenvalue weighted by atomic mass is 19.1. The van der Waals surface area contributed by atoms with Crippen LogP contribution < -0.4 is 10.2 Å². The van der Waals surface area contributed by atoms with Crippen LogP contribution in [0.4, 0.5) is 10.1 Å². The molecule has 0 aliphatic heterocycles. The SMILES string of the molecule is Cc1ccc([C@@H](C(=O)NCCC(C)C)N(C(=O)Cn2nnc3ccccc32)c2ccccc2F)cc1. The van der Waals surface area contributed by atoms with Gasteiger partial charge in [0.05, 0.1) is 11.2 Å². The Balaban J connectivity index is 1.77. The van der Waals surface area contributed by atoms with Crippen LogP contribution in [0.1, 0.15) is 37.4 Å². The van der Waals surface area contributed by atoms with Gasteiger partial charge >= 0.3 is 0 Å². The molecule has 0 fully saturated rings. The minimum Gasteiger partial charge on any atom is -0.354 e. The van der Waals surface area contributed by atoms with Crippen molar-refractivity contribution in [2.75, 3.05) is 11.4 Å². The Morgan fingerprint density at radius 3 is 2.42 bits per heavy atom. The van der Waals surface area contributed by atoms with E-state index in [0.717, 1.165) is 12.0 Å². The average molecular weight is 488 g/mol. The number of hydrogen-bond donors (Lipinski definition) is 1. The van der Waals surface area contributed by atoms with Crippen LogP contribution in [-0.2, 0) is 16.1 Å². The van der Waals surface area contributed by atoms with E-state index in [1.54, 1.807) is 30.3 Å². The molecule has 0 spiro atoms. The van der Waals surface area contributed by atoms with Crippen molar-refractivity contribution in [3.63, 3.8) is 0 Å². The predicted molar refractivity (Wildman–Crippen MR) is 138 cm³/mol. The molecule has 4 aromatic rings.